The standard InChI is InChI=1S/C15H13Cl2N5O/c1-8-19-13(17)11-15(20-8)22(9-4-6-23-7-9)14(21-11)10-3-2-5-18-12(10)16/h2-3,5,9H,4,6-7H2,1H3. The largest absolute Gasteiger partial charge is 0.379 e. The van der Waals surface area contributed by atoms with Gasteiger partial charge in [-0.15, -0.1) is 0 Å². The van der Waals surface area contributed by atoms with Gasteiger partial charge in [-0.1, -0.05) is 23.2 Å². The first-order valence-corrected chi connectivity index (χ1v) is 8.01. The summed E-state index contributed by atoms with van der Waals surface area (Å²) in [5.74, 6) is 1.29. The first-order chi connectivity index (χ1) is 11.1. The third-order valence-corrected chi connectivity index (χ3v) is 4.44. The Morgan fingerprint density at radius 1 is 1.22 bits per heavy atom. The van der Waals surface area contributed by atoms with Gasteiger partial charge in [-0.3, -0.25) is 0 Å². The number of fused-ring (bicyclic) bond motifs is 1. The van der Waals surface area contributed by atoms with Crippen molar-refractivity contribution in [2.24, 2.45) is 0 Å². The number of ether oxygens (including phenoxy) is 1. The molecule has 0 radical (unpaired) electrons. The number of aromatic nitrogens is 5. The second kappa shape index (κ2) is 5.70. The van der Waals surface area contributed by atoms with E-state index in [0.29, 0.717) is 46.3 Å². The second-order valence-electron chi connectivity index (χ2n) is 5.40. The first kappa shape index (κ1) is 14.8. The number of pyridine rings is 1. The summed E-state index contributed by atoms with van der Waals surface area (Å²) < 4.78 is 7.59. The van der Waals surface area contributed by atoms with Crippen LogP contribution in [0, 0.1) is 6.92 Å². The third kappa shape index (κ3) is 2.47. The molecule has 3 aromatic rings. The molecule has 1 atom stereocenters. The van der Waals surface area contributed by atoms with E-state index >= 15 is 0 Å². The van der Waals surface area contributed by atoms with E-state index in [1.165, 1.54) is 0 Å². The van der Waals surface area contributed by atoms with Gasteiger partial charge in [0.15, 0.2) is 10.8 Å². The van der Waals surface area contributed by atoms with Crippen molar-refractivity contribution in [3.8, 4) is 11.4 Å². The molecule has 3 aromatic heterocycles. The SMILES string of the molecule is Cc1nc(Cl)c2nc(-c3cccnc3Cl)n(C3CCOC3)c2n1. The van der Waals surface area contributed by atoms with Gasteiger partial charge in [0.05, 0.1) is 18.2 Å². The highest BCUT2D eigenvalue weighted by Gasteiger charge is 2.27. The van der Waals surface area contributed by atoms with Gasteiger partial charge in [-0.25, -0.2) is 19.9 Å². The van der Waals surface area contributed by atoms with Crippen LogP contribution in [0.4, 0.5) is 0 Å². The molecule has 1 saturated heterocycles. The maximum atomic E-state index is 6.27. The van der Waals surface area contributed by atoms with Gasteiger partial charge in [0.25, 0.3) is 0 Å². The molecular weight excluding hydrogens is 337 g/mol. The number of hydrogen-bond donors (Lipinski definition) is 0. The first-order valence-electron chi connectivity index (χ1n) is 7.26. The maximum Gasteiger partial charge on any atom is 0.165 e. The van der Waals surface area contributed by atoms with Crippen molar-refractivity contribution < 1.29 is 4.74 Å². The smallest absolute Gasteiger partial charge is 0.165 e. The molecule has 4 heterocycles. The Bertz CT molecular complexity index is 889. The molecule has 0 aromatic carbocycles. The van der Waals surface area contributed by atoms with E-state index in [1.807, 2.05) is 23.6 Å². The Kier molecular flexibility index (Phi) is 3.67. The highest BCUT2D eigenvalue weighted by Crippen LogP contribution is 2.35. The fourth-order valence-electron chi connectivity index (χ4n) is 2.86. The Balaban J connectivity index is 2.05. The van der Waals surface area contributed by atoms with Gasteiger partial charge in [-0.05, 0) is 25.5 Å². The zero-order valence-corrected chi connectivity index (χ0v) is 13.8. The molecule has 8 heteroatoms. The Morgan fingerprint density at radius 2 is 2.09 bits per heavy atom. The van der Waals surface area contributed by atoms with Crippen LogP contribution in [0.15, 0.2) is 18.3 Å². The molecule has 0 amide bonds. The van der Waals surface area contributed by atoms with E-state index in [2.05, 4.69) is 19.9 Å². The fraction of sp³-hybridized carbons (Fsp3) is 0.333. The highest BCUT2D eigenvalue weighted by molar-refractivity contribution is 6.34. The van der Waals surface area contributed by atoms with Crippen LogP contribution >= 0.6 is 23.2 Å². The molecular formula is C15H13Cl2N5O. The molecule has 6 nitrogen and oxygen atoms in total. The van der Waals surface area contributed by atoms with Crippen molar-refractivity contribution >= 4 is 34.4 Å². The average molecular weight is 350 g/mol. The number of nitrogens with zero attached hydrogens (tertiary/aromatic N) is 5. The molecule has 0 bridgehead atoms. The van der Waals surface area contributed by atoms with E-state index in [1.54, 1.807) is 6.20 Å². The van der Waals surface area contributed by atoms with Crippen LogP contribution in [0.1, 0.15) is 18.3 Å². The molecule has 0 aliphatic carbocycles. The molecule has 1 aliphatic rings. The van der Waals surface area contributed by atoms with Crippen LogP contribution in [0.5, 0.6) is 0 Å². The van der Waals surface area contributed by atoms with Crippen molar-refractivity contribution in [1.29, 1.82) is 0 Å². The summed E-state index contributed by atoms with van der Waals surface area (Å²) in [6, 6.07) is 3.85. The lowest BCUT2D eigenvalue weighted by Crippen LogP contribution is -2.11. The minimum absolute atomic E-state index is 0.136. The van der Waals surface area contributed by atoms with Crippen molar-refractivity contribution in [2.75, 3.05) is 13.2 Å². The second-order valence-corrected chi connectivity index (χ2v) is 6.11. The predicted octanol–water partition coefficient (Wildman–Crippen LogP) is 3.46. The van der Waals surface area contributed by atoms with Gasteiger partial charge in [0.2, 0.25) is 0 Å². The van der Waals surface area contributed by atoms with Crippen molar-refractivity contribution in [1.82, 2.24) is 24.5 Å². The van der Waals surface area contributed by atoms with Crippen LogP contribution in [-0.2, 0) is 4.74 Å². The van der Waals surface area contributed by atoms with Crippen molar-refractivity contribution in [3.63, 3.8) is 0 Å². The van der Waals surface area contributed by atoms with Crippen LogP contribution in [0.25, 0.3) is 22.6 Å². The minimum Gasteiger partial charge on any atom is -0.379 e. The molecule has 4 rings (SSSR count). The van der Waals surface area contributed by atoms with E-state index in [0.717, 1.165) is 12.0 Å². The Labute approximate surface area is 142 Å². The topological polar surface area (TPSA) is 65.7 Å². The average Bonchev–Trinajstić information content (AvgIpc) is 3.14. The van der Waals surface area contributed by atoms with Crippen molar-refractivity contribution in [3.05, 3.63) is 34.5 Å². The molecule has 0 N–H and O–H groups in total. The molecule has 0 saturated carbocycles. The van der Waals surface area contributed by atoms with E-state index in [-0.39, 0.29) is 6.04 Å². The summed E-state index contributed by atoms with van der Waals surface area (Å²) in [6.45, 7) is 3.13. The summed E-state index contributed by atoms with van der Waals surface area (Å²) in [4.78, 5) is 17.5. The molecule has 118 valence electrons. The highest BCUT2D eigenvalue weighted by atomic mass is 35.5. The normalized spacial score (nSPS) is 18.0. The van der Waals surface area contributed by atoms with Crippen LogP contribution < -0.4 is 0 Å². The molecule has 23 heavy (non-hydrogen) atoms. The lowest BCUT2D eigenvalue weighted by Gasteiger charge is -2.15. The third-order valence-electron chi connectivity index (χ3n) is 3.88. The fourth-order valence-corrected chi connectivity index (χ4v) is 3.31. The van der Waals surface area contributed by atoms with Gasteiger partial charge in [-0.2, -0.15) is 0 Å². The number of hydrogen-bond acceptors (Lipinski definition) is 5. The Hall–Kier alpha value is -1.76. The summed E-state index contributed by atoms with van der Waals surface area (Å²) in [5, 5.41) is 0.732. The van der Waals surface area contributed by atoms with E-state index in [4.69, 9.17) is 27.9 Å². The van der Waals surface area contributed by atoms with Crippen LogP contribution in [-0.4, -0.2) is 37.7 Å². The monoisotopic (exact) mass is 349 g/mol. The van der Waals surface area contributed by atoms with E-state index in [9.17, 15) is 0 Å². The summed E-state index contributed by atoms with van der Waals surface area (Å²) >= 11 is 12.5. The number of aryl methyl sites for hydroxylation is 1. The number of rotatable bonds is 2. The van der Waals surface area contributed by atoms with Crippen LogP contribution in [0.3, 0.4) is 0 Å². The molecule has 0 spiro atoms. The molecule has 1 aliphatic heterocycles. The van der Waals surface area contributed by atoms with Gasteiger partial charge in [0.1, 0.15) is 22.3 Å². The lowest BCUT2D eigenvalue weighted by atomic mass is 10.2. The quantitative estimate of drug-likeness (QED) is 0.523. The minimum atomic E-state index is 0.136. The van der Waals surface area contributed by atoms with Gasteiger partial charge < -0.3 is 9.30 Å². The van der Waals surface area contributed by atoms with Crippen molar-refractivity contribution in [2.45, 2.75) is 19.4 Å². The van der Waals surface area contributed by atoms with Crippen LogP contribution in [0.2, 0.25) is 10.3 Å². The van der Waals surface area contributed by atoms with Gasteiger partial charge >= 0.3 is 0 Å². The predicted molar refractivity (Wildman–Crippen MR) is 87.8 cm³/mol. The number of imidazole rings is 1. The van der Waals surface area contributed by atoms with E-state index < -0.39 is 0 Å². The lowest BCUT2D eigenvalue weighted by molar-refractivity contribution is 0.187. The van der Waals surface area contributed by atoms with Gasteiger partial charge in [0, 0.05) is 12.8 Å². The summed E-state index contributed by atoms with van der Waals surface area (Å²) in [5.41, 5.74) is 2.01. The Morgan fingerprint density at radius 3 is 2.83 bits per heavy atom. The zero-order chi connectivity index (χ0) is 16.0. The zero-order valence-electron chi connectivity index (χ0n) is 12.3. The molecule has 1 unspecified atom stereocenters. The summed E-state index contributed by atoms with van der Waals surface area (Å²) in [6.07, 6.45) is 2.53. The summed E-state index contributed by atoms with van der Waals surface area (Å²) in [7, 11) is 0. The molecule has 1 fully saturated rings. The number of halogens is 2. The maximum absolute atomic E-state index is 6.27.